The molecule has 1 rings (SSSR count). The summed E-state index contributed by atoms with van der Waals surface area (Å²) in [6, 6.07) is 4.12. The number of halogens is 1. The molecule has 0 atom stereocenters. The predicted molar refractivity (Wildman–Crippen MR) is 67.1 cm³/mol. The zero-order valence-electron chi connectivity index (χ0n) is 10.1. The molecule has 0 bridgehead atoms. The maximum atomic E-state index is 11.0. The maximum Gasteiger partial charge on any atom is 0.305 e. The number of hydrogen-bond donors (Lipinski definition) is 0. The second kappa shape index (κ2) is 6.28. The highest BCUT2D eigenvalue weighted by Crippen LogP contribution is 2.34. The van der Waals surface area contributed by atoms with Crippen molar-refractivity contribution in [2.45, 2.75) is 20.1 Å². The zero-order valence-corrected chi connectivity index (χ0v) is 11.7. The van der Waals surface area contributed by atoms with Crippen LogP contribution in [0.1, 0.15) is 25.7 Å². The number of esters is 2. The van der Waals surface area contributed by atoms with Crippen LogP contribution in [0.25, 0.3) is 0 Å². The van der Waals surface area contributed by atoms with Crippen LogP contribution < -0.4 is 0 Å². The van der Waals surface area contributed by atoms with Crippen molar-refractivity contribution < 1.29 is 24.0 Å². The van der Waals surface area contributed by atoms with Crippen molar-refractivity contribution in [3.8, 4) is 0 Å². The lowest BCUT2D eigenvalue weighted by Gasteiger charge is -2.17. The van der Waals surface area contributed by atoms with Gasteiger partial charge in [-0.25, -0.2) is 0 Å². The van der Waals surface area contributed by atoms with Gasteiger partial charge < -0.3 is 9.47 Å². The summed E-state index contributed by atoms with van der Waals surface area (Å²) in [5.41, 5.74) is -0.0404. The minimum Gasteiger partial charge on any atom is -0.421 e. The van der Waals surface area contributed by atoms with Crippen molar-refractivity contribution >= 4 is 33.6 Å². The molecule has 0 saturated carbocycles. The number of nitro benzene ring substituents is 1. The van der Waals surface area contributed by atoms with E-state index in [2.05, 4.69) is 15.9 Å². The molecule has 0 heterocycles. The lowest BCUT2D eigenvalue weighted by atomic mass is 10.2. The average Bonchev–Trinajstić information content (AvgIpc) is 2.26. The zero-order chi connectivity index (χ0) is 14.6. The van der Waals surface area contributed by atoms with Crippen LogP contribution in [0.2, 0.25) is 0 Å². The maximum absolute atomic E-state index is 11.0. The highest BCUT2D eigenvalue weighted by atomic mass is 79.9. The van der Waals surface area contributed by atoms with Crippen LogP contribution in [0.4, 0.5) is 5.69 Å². The summed E-state index contributed by atoms with van der Waals surface area (Å²) in [4.78, 5) is 32.1. The van der Waals surface area contributed by atoms with E-state index in [4.69, 9.17) is 9.47 Å². The van der Waals surface area contributed by atoms with Crippen LogP contribution in [-0.2, 0) is 19.1 Å². The van der Waals surface area contributed by atoms with Crippen LogP contribution in [0.15, 0.2) is 22.7 Å². The van der Waals surface area contributed by atoms with Gasteiger partial charge in [-0.3, -0.25) is 19.7 Å². The van der Waals surface area contributed by atoms with Gasteiger partial charge in [0, 0.05) is 19.9 Å². The van der Waals surface area contributed by atoms with Crippen molar-refractivity contribution in [2.75, 3.05) is 0 Å². The molecule has 0 aliphatic heterocycles. The van der Waals surface area contributed by atoms with Gasteiger partial charge in [-0.1, -0.05) is 6.07 Å². The van der Waals surface area contributed by atoms with Gasteiger partial charge in [0.1, 0.15) is 4.47 Å². The van der Waals surface area contributed by atoms with E-state index < -0.39 is 23.2 Å². The fourth-order valence-corrected chi connectivity index (χ4v) is 1.91. The number of nitrogens with zero attached hydrogens (tertiary/aromatic N) is 1. The number of hydrogen-bond acceptors (Lipinski definition) is 6. The molecular weight excluding hydrogens is 322 g/mol. The predicted octanol–water partition coefficient (Wildman–Crippen LogP) is 2.48. The molecular formula is C11H10BrNO6. The molecule has 8 heteroatoms. The Morgan fingerprint density at radius 2 is 1.79 bits per heavy atom. The SMILES string of the molecule is CC(=O)OC(OC(C)=O)c1cccc([N+](=O)[O-])c1Br. The van der Waals surface area contributed by atoms with Crippen molar-refractivity contribution in [1.29, 1.82) is 0 Å². The second-order valence-electron chi connectivity index (χ2n) is 3.49. The largest absolute Gasteiger partial charge is 0.421 e. The molecule has 1 aromatic carbocycles. The van der Waals surface area contributed by atoms with E-state index in [1.165, 1.54) is 18.2 Å². The highest BCUT2D eigenvalue weighted by Gasteiger charge is 2.25. The minimum absolute atomic E-state index is 0.0903. The number of carbonyl (C=O) groups is 2. The Hall–Kier alpha value is -1.96. The Bertz CT molecular complexity index is 514. The minimum atomic E-state index is -1.33. The number of rotatable bonds is 4. The summed E-state index contributed by atoms with van der Waals surface area (Å²) in [5, 5.41) is 10.8. The first-order valence-electron chi connectivity index (χ1n) is 5.10. The Labute approximate surface area is 116 Å². The van der Waals surface area contributed by atoms with Gasteiger partial charge >= 0.3 is 11.9 Å². The molecule has 0 radical (unpaired) electrons. The Morgan fingerprint density at radius 1 is 1.26 bits per heavy atom. The van der Waals surface area contributed by atoms with E-state index >= 15 is 0 Å². The topological polar surface area (TPSA) is 95.7 Å². The van der Waals surface area contributed by atoms with E-state index in [-0.39, 0.29) is 15.7 Å². The fraction of sp³-hybridized carbons (Fsp3) is 0.273. The van der Waals surface area contributed by atoms with Gasteiger partial charge in [0.25, 0.3) is 12.0 Å². The summed E-state index contributed by atoms with van der Waals surface area (Å²) in [6.45, 7) is 2.28. The fourth-order valence-electron chi connectivity index (χ4n) is 1.31. The number of benzene rings is 1. The normalized spacial score (nSPS) is 10.1. The molecule has 0 spiro atoms. The summed E-state index contributed by atoms with van der Waals surface area (Å²) in [7, 11) is 0. The van der Waals surface area contributed by atoms with E-state index in [0.717, 1.165) is 13.8 Å². The highest BCUT2D eigenvalue weighted by molar-refractivity contribution is 9.10. The summed E-state index contributed by atoms with van der Waals surface area (Å²) in [6.07, 6.45) is -1.33. The lowest BCUT2D eigenvalue weighted by molar-refractivity contribution is -0.385. The molecule has 19 heavy (non-hydrogen) atoms. The van der Waals surface area contributed by atoms with Crippen molar-refractivity contribution in [2.24, 2.45) is 0 Å². The van der Waals surface area contributed by atoms with E-state index in [1.807, 2.05) is 0 Å². The third-order valence-electron chi connectivity index (χ3n) is 2.00. The summed E-state index contributed by atoms with van der Waals surface area (Å²) >= 11 is 3.04. The molecule has 0 amide bonds. The molecule has 1 aromatic rings. The number of carbonyl (C=O) groups excluding carboxylic acids is 2. The monoisotopic (exact) mass is 331 g/mol. The molecule has 102 valence electrons. The summed E-state index contributed by atoms with van der Waals surface area (Å²) in [5.74, 6) is -1.35. The van der Waals surface area contributed by atoms with Crippen molar-refractivity contribution in [3.63, 3.8) is 0 Å². The molecule has 0 aromatic heterocycles. The lowest BCUT2D eigenvalue weighted by Crippen LogP contribution is -2.15. The Kier molecular flexibility index (Phi) is 4.99. The number of nitro groups is 1. The van der Waals surface area contributed by atoms with Crippen LogP contribution in [0.5, 0.6) is 0 Å². The Morgan fingerprint density at radius 3 is 2.21 bits per heavy atom. The van der Waals surface area contributed by atoms with Gasteiger partial charge in [0.05, 0.1) is 10.5 Å². The van der Waals surface area contributed by atoms with Gasteiger partial charge in [0.15, 0.2) is 0 Å². The third kappa shape index (κ3) is 4.02. The molecule has 7 nitrogen and oxygen atoms in total. The van der Waals surface area contributed by atoms with Crippen molar-refractivity contribution in [3.05, 3.63) is 38.3 Å². The molecule has 0 aliphatic carbocycles. The van der Waals surface area contributed by atoms with E-state index in [9.17, 15) is 19.7 Å². The summed E-state index contributed by atoms with van der Waals surface area (Å²) < 4.78 is 9.75. The quantitative estimate of drug-likeness (QED) is 0.364. The molecule has 0 unspecified atom stereocenters. The number of ether oxygens (including phenoxy) is 2. The van der Waals surface area contributed by atoms with Crippen LogP contribution in [0.3, 0.4) is 0 Å². The first kappa shape index (κ1) is 15.1. The van der Waals surface area contributed by atoms with Gasteiger partial charge in [0.2, 0.25) is 0 Å². The molecule has 0 fully saturated rings. The standard InChI is InChI=1S/C11H10BrNO6/c1-6(14)18-11(19-7(2)15)8-4-3-5-9(10(8)12)13(16)17/h3-5,11H,1-2H3. The van der Waals surface area contributed by atoms with Crippen LogP contribution >= 0.6 is 15.9 Å². The molecule has 0 N–H and O–H groups in total. The van der Waals surface area contributed by atoms with E-state index in [1.54, 1.807) is 0 Å². The molecule has 0 saturated heterocycles. The van der Waals surface area contributed by atoms with Crippen molar-refractivity contribution in [1.82, 2.24) is 0 Å². The van der Waals surface area contributed by atoms with Gasteiger partial charge in [-0.15, -0.1) is 0 Å². The van der Waals surface area contributed by atoms with E-state index in [0.29, 0.717) is 0 Å². The second-order valence-corrected chi connectivity index (χ2v) is 4.28. The van der Waals surface area contributed by atoms with Crippen LogP contribution in [0, 0.1) is 10.1 Å². The van der Waals surface area contributed by atoms with Crippen LogP contribution in [-0.4, -0.2) is 16.9 Å². The van der Waals surface area contributed by atoms with Gasteiger partial charge in [-0.05, 0) is 22.0 Å². The average molecular weight is 332 g/mol. The Balaban J connectivity index is 3.21. The first-order chi connectivity index (χ1) is 8.82. The third-order valence-corrected chi connectivity index (χ3v) is 2.87. The smallest absolute Gasteiger partial charge is 0.305 e. The molecule has 0 aliphatic rings. The first-order valence-corrected chi connectivity index (χ1v) is 5.89. The van der Waals surface area contributed by atoms with Gasteiger partial charge in [-0.2, -0.15) is 0 Å².